The Morgan fingerprint density at radius 1 is 1.00 bits per heavy atom. The zero-order chi connectivity index (χ0) is 36.8. The zero-order valence-electron chi connectivity index (χ0n) is 32.9. The minimum atomic E-state index is -0.0393. The van der Waals surface area contributed by atoms with Crippen LogP contribution in [0.2, 0.25) is 0 Å². The van der Waals surface area contributed by atoms with Crippen molar-refractivity contribution in [3.63, 3.8) is 0 Å². The third kappa shape index (κ3) is 6.16. The molecule has 2 aromatic rings. The number of rotatable bonds is 9. The number of likely N-dealkylation sites (tertiary alicyclic amines) is 1. The molecule has 0 N–H and O–H groups in total. The number of benzene rings is 2. The minimum Gasteiger partial charge on any atom is -0.315 e. The zero-order valence-corrected chi connectivity index (χ0v) is 32.9. The lowest BCUT2D eigenvalue weighted by molar-refractivity contribution is 0.156. The van der Waals surface area contributed by atoms with Crippen LogP contribution < -0.4 is 4.90 Å². The second kappa shape index (κ2) is 14.7. The topological polar surface area (TPSA) is 18.8 Å². The predicted molar refractivity (Wildman–Crippen MR) is 228 cm³/mol. The van der Waals surface area contributed by atoms with Gasteiger partial charge in [-0.05, 0) is 121 Å². The smallest absolute Gasteiger partial charge is 0.0760 e. The number of allylic oxidation sites excluding steroid dienone is 10. The minimum absolute atomic E-state index is 0.0393. The Labute approximate surface area is 324 Å². The van der Waals surface area contributed by atoms with Crippen molar-refractivity contribution in [1.82, 2.24) is 4.90 Å². The Morgan fingerprint density at radius 3 is 2.67 bits per heavy atom. The first-order chi connectivity index (χ1) is 26.5. The molecule has 0 radical (unpaired) electrons. The van der Waals surface area contributed by atoms with E-state index in [0.29, 0.717) is 35.9 Å². The molecule has 2 aromatic carbocycles. The molecule has 3 heteroatoms. The molecule has 0 amide bonds. The first-order valence-corrected chi connectivity index (χ1v) is 21.1. The van der Waals surface area contributed by atoms with E-state index in [2.05, 4.69) is 147 Å². The Bertz CT molecular complexity index is 2120. The maximum Gasteiger partial charge on any atom is 0.0760 e. The third-order valence-corrected chi connectivity index (χ3v) is 13.7. The van der Waals surface area contributed by atoms with Crippen LogP contribution in [-0.4, -0.2) is 35.8 Å². The largest absolute Gasteiger partial charge is 0.315 e. The van der Waals surface area contributed by atoms with E-state index in [0.717, 1.165) is 38.6 Å². The molecule has 2 heterocycles. The van der Waals surface area contributed by atoms with Gasteiger partial charge in [-0.15, -0.1) is 0 Å². The van der Waals surface area contributed by atoms with Gasteiger partial charge in [0.2, 0.25) is 0 Å². The molecule has 5 aliphatic carbocycles. The normalized spacial score (nSPS) is 29.1. The van der Waals surface area contributed by atoms with Crippen LogP contribution in [0.15, 0.2) is 130 Å². The Balaban J connectivity index is 1.06. The lowest BCUT2D eigenvalue weighted by Gasteiger charge is -2.36. The van der Waals surface area contributed by atoms with Gasteiger partial charge in [-0.3, -0.25) is 9.89 Å². The van der Waals surface area contributed by atoms with Gasteiger partial charge in [0, 0.05) is 59.2 Å². The number of hydrogen-bond acceptors (Lipinski definition) is 3. The first kappa shape index (κ1) is 35.3. The maximum atomic E-state index is 4.71. The van der Waals surface area contributed by atoms with Gasteiger partial charge >= 0.3 is 0 Å². The number of hydrogen-bond donors (Lipinski definition) is 0. The molecule has 54 heavy (non-hydrogen) atoms. The summed E-state index contributed by atoms with van der Waals surface area (Å²) in [4.78, 5) is 10.1. The first-order valence-electron chi connectivity index (χ1n) is 21.1. The molecule has 0 bridgehead atoms. The molecule has 0 saturated carbocycles. The second-order valence-electron chi connectivity index (χ2n) is 17.1. The highest BCUT2D eigenvalue weighted by atomic mass is 15.2. The fraction of sp³-hybridized carbons (Fsp3) is 0.431. The van der Waals surface area contributed by atoms with Gasteiger partial charge in [0.05, 0.1) is 6.04 Å². The molecule has 1 fully saturated rings. The van der Waals surface area contributed by atoms with Crippen LogP contribution in [0.4, 0.5) is 5.69 Å². The van der Waals surface area contributed by atoms with E-state index < -0.39 is 0 Å². The van der Waals surface area contributed by atoms with Gasteiger partial charge in [-0.2, -0.15) is 0 Å². The fourth-order valence-electron chi connectivity index (χ4n) is 11.1. The van der Waals surface area contributed by atoms with E-state index in [1.54, 1.807) is 5.57 Å². The van der Waals surface area contributed by atoms with E-state index in [1.165, 1.54) is 82.6 Å². The van der Waals surface area contributed by atoms with Crippen molar-refractivity contribution < 1.29 is 0 Å². The molecule has 9 rings (SSSR count). The lowest BCUT2D eigenvalue weighted by Crippen LogP contribution is -2.44. The molecular formula is C51H57N3. The van der Waals surface area contributed by atoms with Crippen LogP contribution in [0.3, 0.4) is 0 Å². The van der Waals surface area contributed by atoms with E-state index in [4.69, 9.17) is 4.99 Å². The highest BCUT2D eigenvalue weighted by Gasteiger charge is 2.48. The van der Waals surface area contributed by atoms with E-state index in [1.807, 2.05) is 6.08 Å². The van der Waals surface area contributed by atoms with Crippen molar-refractivity contribution in [3.8, 4) is 23.0 Å². The van der Waals surface area contributed by atoms with Crippen LogP contribution in [0.5, 0.6) is 0 Å². The molecule has 0 spiro atoms. The highest BCUT2D eigenvalue weighted by molar-refractivity contribution is 5.83. The number of aliphatic imine (C=N–C) groups is 1. The highest BCUT2D eigenvalue weighted by Crippen LogP contribution is 2.51. The number of fused-ring (bicyclic) bond motifs is 4. The standard InChI is InChI=1S/C51H57N3/c1-5-14-49-43(6-2)46-32-37(24-29-50(46)54(49)39-17-8-7-9-18-39)35-22-25-40(26-23-35)53(41-19-12-15-36(31-41)38-16-13-30-52-34-38)42-27-28-45-44-20-10-11-21-47(44)51(3,4)48(45)33-42/h7-8,10-11,19-22,24-25,27-29,31-34,38-39,43,46,49-50H,5-6,12-17,23,26,30H2,1-4H3. The van der Waals surface area contributed by atoms with Crippen LogP contribution >= 0.6 is 0 Å². The molecule has 2 aliphatic heterocycles. The van der Waals surface area contributed by atoms with Gasteiger partial charge < -0.3 is 4.90 Å². The van der Waals surface area contributed by atoms with Crippen LogP contribution in [0, 0.1) is 29.6 Å². The van der Waals surface area contributed by atoms with Crippen molar-refractivity contribution in [2.24, 2.45) is 22.7 Å². The van der Waals surface area contributed by atoms with Crippen LogP contribution in [0.25, 0.3) is 11.1 Å². The molecule has 6 unspecified atom stereocenters. The summed E-state index contributed by atoms with van der Waals surface area (Å²) >= 11 is 0. The molecule has 1 saturated heterocycles. The summed E-state index contributed by atoms with van der Waals surface area (Å²) in [6, 6.07) is 17.6. The number of anilines is 1. The number of nitrogens with zero attached hydrogens (tertiary/aromatic N) is 3. The van der Waals surface area contributed by atoms with E-state index in [-0.39, 0.29) is 5.41 Å². The summed E-state index contributed by atoms with van der Waals surface area (Å²) in [7, 11) is 0. The van der Waals surface area contributed by atoms with Crippen LogP contribution in [-0.2, 0) is 5.41 Å². The van der Waals surface area contributed by atoms with Gasteiger partial charge in [-0.25, -0.2) is 0 Å². The van der Waals surface area contributed by atoms with Crippen molar-refractivity contribution in [3.05, 3.63) is 136 Å². The van der Waals surface area contributed by atoms with Crippen molar-refractivity contribution in [2.45, 2.75) is 115 Å². The predicted octanol–water partition coefficient (Wildman–Crippen LogP) is 11.8. The van der Waals surface area contributed by atoms with Gasteiger partial charge in [0.1, 0.15) is 0 Å². The van der Waals surface area contributed by atoms with E-state index >= 15 is 0 Å². The maximum absolute atomic E-state index is 4.71. The van der Waals surface area contributed by atoms with Gasteiger partial charge in [0.25, 0.3) is 0 Å². The summed E-state index contributed by atoms with van der Waals surface area (Å²) in [5.41, 5.74) is 14.0. The molecule has 7 aliphatic rings. The Kier molecular flexibility index (Phi) is 9.61. The Hall–Kier alpha value is -4.39. The summed E-state index contributed by atoms with van der Waals surface area (Å²) in [6.45, 7) is 10.5. The van der Waals surface area contributed by atoms with E-state index in [9.17, 15) is 0 Å². The molecular weight excluding hydrogens is 655 g/mol. The molecule has 6 atom stereocenters. The molecule has 276 valence electrons. The Morgan fingerprint density at radius 2 is 1.89 bits per heavy atom. The molecule has 3 nitrogen and oxygen atoms in total. The van der Waals surface area contributed by atoms with Crippen molar-refractivity contribution >= 4 is 11.9 Å². The lowest BCUT2D eigenvalue weighted by atomic mass is 9.79. The van der Waals surface area contributed by atoms with Gasteiger partial charge in [0.15, 0.2) is 0 Å². The quantitative estimate of drug-likeness (QED) is 0.241. The third-order valence-electron chi connectivity index (χ3n) is 13.7. The average molecular weight is 712 g/mol. The van der Waals surface area contributed by atoms with Gasteiger partial charge in [-0.1, -0.05) is 125 Å². The summed E-state index contributed by atoms with van der Waals surface area (Å²) in [6.07, 6.45) is 35.5. The fourth-order valence-corrected chi connectivity index (χ4v) is 11.1. The monoisotopic (exact) mass is 711 g/mol. The summed E-state index contributed by atoms with van der Waals surface area (Å²) in [5.74, 6) is 8.58. The SMILES string of the molecule is CCCC1C(CC)C2C=C(C3=CC=C(N(C4=CCCC(C5C=NCCC5)=C4)c4ccc5c(c4)C(C)(C)c4ccccc4-5)CC3)C=CC2N1C1C#CC=CC1. The van der Waals surface area contributed by atoms with Crippen molar-refractivity contribution in [1.29, 1.82) is 0 Å². The second-order valence-corrected chi connectivity index (χ2v) is 17.1. The summed E-state index contributed by atoms with van der Waals surface area (Å²) in [5, 5.41) is 0. The van der Waals surface area contributed by atoms with Crippen molar-refractivity contribution in [2.75, 3.05) is 11.4 Å². The summed E-state index contributed by atoms with van der Waals surface area (Å²) < 4.78 is 0. The molecule has 0 aromatic heterocycles. The average Bonchev–Trinajstić information content (AvgIpc) is 3.66. The van der Waals surface area contributed by atoms with Crippen LogP contribution in [0.1, 0.15) is 103 Å².